The monoisotopic (exact) mass is 293 g/mol. The standard InChI is InChI=1S/C16H20ClNO2/c17-12-5-1-3-10(7-12)13-8-14(13)16(20)18-9-11-4-2-6-15(11)19/h1,3,5,7,11,13-15,19H,2,4,6,8-9H2,(H,18,20). The van der Waals surface area contributed by atoms with E-state index in [0.29, 0.717) is 12.5 Å². The van der Waals surface area contributed by atoms with Crippen molar-refractivity contribution >= 4 is 17.5 Å². The average molecular weight is 294 g/mol. The lowest BCUT2D eigenvalue weighted by Crippen LogP contribution is -2.33. The highest BCUT2D eigenvalue weighted by atomic mass is 35.5. The zero-order chi connectivity index (χ0) is 14.1. The van der Waals surface area contributed by atoms with Gasteiger partial charge in [-0.25, -0.2) is 0 Å². The highest BCUT2D eigenvalue weighted by Gasteiger charge is 2.44. The van der Waals surface area contributed by atoms with Gasteiger partial charge in [-0.05, 0) is 42.9 Å². The van der Waals surface area contributed by atoms with Gasteiger partial charge in [0.2, 0.25) is 5.91 Å². The summed E-state index contributed by atoms with van der Waals surface area (Å²) in [5.41, 5.74) is 1.15. The Balaban J connectivity index is 1.50. The predicted molar refractivity (Wildman–Crippen MR) is 78.7 cm³/mol. The molecule has 4 heteroatoms. The van der Waals surface area contributed by atoms with Gasteiger partial charge in [-0.3, -0.25) is 4.79 Å². The summed E-state index contributed by atoms with van der Waals surface area (Å²) >= 11 is 5.98. The summed E-state index contributed by atoms with van der Waals surface area (Å²) in [4.78, 5) is 12.1. The fourth-order valence-electron chi connectivity index (χ4n) is 3.21. The number of hydrogen-bond donors (Lipinski definition) is 2. The SMILES string of the molecule is O=C(NCC1CCCC1O)C1CC1c1cccc(Cl)c1. The van der Waals surface area contributed by atoms with Gasteiger partial charge in [-0.15, -0.1) is 0 Å². The molecule has 3 rings (SSSR count). The van der Waals surface area contributed by atoms with Crippen molar-refractivity contribution in [3.05, 3.63) is 34.9 Å². The van der Waals surface area contributed by atoms with Crippen LogP contribution in [0.1, 0.15) is 37.2 Å². The van der Waals surface area contributed by atoms with Crippen LogP contribution in [0.25, 0.3) is 0 Å². The summed E-state index contributed by atoms with van der Waals surface area (Å²) in [5.74, 6) is 0.741. The van der Waals surface area contributed by atoms with Crippen LogP contribution in [0.15, 0.2) is 24.3 Å². The first-order valence-corrected chi connectivity index (χ1v) is 7.74. The fraction of sp³-hybridized carbons (Fsp3) is 0.562. The van der Waals surface area contributed by atoms with E-state index in [9.17, 15) is 9.90 Å². The van der Waals surface area contributed by atoms with Crippen LogP contribution in [0.3, 0.4) is 0 Å². The second kappa shape index (κ2) is 5.74. The summed E-state index contributed by atoms with van der Waals surface area (Å²) in [5, 5.41) is 13.5. The van der Waals surface area contributed by atoms with E-state index in [1.165, 1.54) is 0 Å². The van der Waals surface area contributed by atoms with Crippen molar-refractivity contribution in [1.82, 2.24) is 5.32 Å². The van der Waals surface area contributed by atoms with Crippen molar-refractivity contribution in [2.45, 2.75) is 37.7 Å². The number of aliphatic hydroxyl groups excluding tert-OH is 1. The molecule has 2 aliphatic carbocycles. The summed E-state index contributed by atoms with van der Waals surface area (Å²) in [6.07, 6.45) is 3.62. The predicted octanol–water partition coefficient (Wildman–Crippen LogP) is 2.72. The Morgan fingerprint density at radius 2 is 2.25 bits per heavy atom. The molecule has 3 nitrogen and oxygen atoms in total. The fourth-order valence-corrected chi connectivity index (χ4v) is 3.41. The Morgan fingerprint density at radius 1 is 1.40 bits per heavy atom. The molecular weight excluding hydrogens is 274 g/mol. The van der Waals surface area contributed by atoms with Crippen LogP contribution >= 0.6 is 11.6 Å². The van der Waals surface area contributed by atoms with Gasteiger partial charge in [-0.1, -0.05) is 30.2 Å². The first-order chi connectivity index (χ1) is 9.65. The van der Waals surface area contributed by atoms with E-state index in [4.69, 9.17) is 11.6 Å². The maximum atomic E-state index is 12.1. The highest BCUT2D eigenvalue weighted by molar-refractivity contribution is 6.30. The van der Waals surface area contributed by atoms with Gasteiger partial charge in [0.05, 0.1) is 6.10 Å². The Kier molecular flexibility index (Phi) is 3.99. The Hall–Kier alpha value is -1.06. The molecule has 0 aromatic heterocycles. The van der Waals surface area contributed by atoms with Crippen molar-refractivity contribution in [1.29, 1.82) is 0 Å². The van der Waals surface area contributed by atoms with Gasteiger partial charge in [0, 0.05) is 23.4 Å². The number of hydrogen-bond acceptors (Lipinski definition) is 2. The van der Waals surface area contributed by atoms with Crippen molar-refractivity contribution in [2.75, 3.05) is 6.54 Å². The summed E-state index contributed by atoms with van der Waals surface area (Å²) in [6, 6.07) is 7.76. The number of benzene rings is 1. The molecule has 0 heterocycles. The minimum Gasteiger partial charge on any atom is -0.393 e. The molecule has 0 bridgehead atoms. The van der Waals surface area contributed by atoms with E-state index in [2.05, 4.69) is 5.32 Å². The highest BCUT2D eigenvalue weighted by Crippen LogP contribution is 2.48. The molecule has 2 aliphatic rings. The van der Waals surface area contributed by atoms with E-state index >= 15 is 0 Å². The number of rotatable bonds is 4. The Labute approximate surface area is 124 Å². The van der Waals surface area contributed by atoms with Gasteiger partial charge in [0.1, 0.15) is 0 Å². The number of carbonyl (C=O) groups is 1. The normalized spacial score (nSPS) is 32.1. The molecule has 1 amide bonds. The van der Waals surface area contributed by atoms with Crippen molar-refractivity contribution in [3.63, 3.8) is 0 Å². The molecule has 4 atom stereocenters. The molecule has 0 saturated heterocycles. The third-order valence-electron chi connectivity index (χ3n) is 4.56. The van der Waals surface area contributed by atoms with Gasteiger partial charge >= 0.3 is 0 Å². The van der Waals surface area contributed by atoms with Crippen molar-refractivity contribution in [3.8, 4) is 0 Å². The van der Waals surface area contributed by atoms with E-state index in [1.807, 2.05) is 24.3 Å². The molecule has 0 radical (unpaired) electrons. The van der Waals surface area contributed by atoms with E-state index in [0.717, 1.165) is 36.3 Å². The smallest absolute Gasteiger partial charge is 0.223 e. The zero-order valence-corrected chi connectivity index (χ0v) is 12.1. The van der Waals surface area contributed by atoms with Crippen LogP contribution < -0.4 is 5.32 Å². The minimum atomic E-state index is -0.238. The van der Waals surface area contributed by atoms with Gasteiger partial charge in [-0.2, -0.15) is 0 Å². The molecule has 0 spiro atoms. The molecule has 1 aromatic rings. The number of halogens is 1. The van der Waals surface area contributed by atoms with E-state index in [-0.39, 0.29) is 23.8 Å². The molecule has 2 saturated carbocycles. The molecule has 4 unspecified atom stereocenters. The third kappa shape index (κ3) is 2.99. The van der Waals surface area contributed by atoms with Crippen LogP contribution in [0, 0.1) is 11.8 Å². The van der Waals surface area contributed by atoms with Gasteiger partial charge < -0.3 is 10.4 Å². The van der Waals surface area contributed by atoms with Crippen LogP contribution in [0.4, 0.5) is 0 Å². The molecule has 108 valence electrons. The average Bonchev–Trinajstić information content (AvgIpc) is 3.13. The molecule has 2 fully saturated rings. The summed E-state index contributed by atoms with van der Waals surface area (Å²) in [6.45, 7) is 0.610. The Morgan fingerprint density at radius 3 is 2.95 bits per heavy atom. The van der Waals surface area contributed by atoms with Crippen molar-refractivity contribution < 1.29 is 9.90 Å². The Bertz CT molecular complexity index is 505. The summed E-state index contributed by atoms with van der Waals surface area (Å²) in [7, 11) is 0. The lowest BCUT2D eigenvalue weighted by atomic mass is 10.1. The van der Waals surface area contributed by atoms with E-state index in [1.54, 1.807) is 0 Å². The maximum Gasteiger partial charge on any atom is 0.223 e. The zero-order valence-electron chi connectivity index (χ0n) is 11.4. The number of aliphatic hydroxyl groups is 1. The van der Waals surface area contributed by atoms with Crippen LogP contribution in [0.2, 0.25) is 5.02 Å². The topological polar surface area (TPSA) is 49.3 Å². The maximum absolute atomic E-state index is 12.1. The number of carbonyl (C=O) groups excluding carboxylic acids is 1. The lowest BCUT2D eigenvalue weighted by molar-refractivity contribution is -0.122. The number of amides is 1. The van der Waals surface area contributed by atoms with Crippen LogP contribution in [0.5, 0.6) is 0 Å². The summed E-state index contributed by atoms with van der Waals surface area (Å²) < 4.78 is 0. The number of nitrogens with one attached hydrogen (secondary N) is 1. The molecule has 0 aliphatic heterocycles. The quantitative estimate of drug-likeness (QED) is 0.897. The van der Waals surface area contributed by atoms with Gasteiger partial charge in [0.25, 0.3) is 0 Å². The largest absolute Gasteiger partial charge is 0.393 e. The molecule has 2 N–H and O–H groups in total. The second-order valence-electron chi connectivity index (χ2n) is 6.01. The first-order valence-electron chi connectivity index (χ1n) is 7.36. The molecular formula is C16H20ClNO2. The van der Waals surface area contributed by atoms with E-state index < -0.39 is 0 Å². The lowest BCUT2D eigenvalue weighted by Gasteiger charge is -2.15. The second-order valence-corrected chi connectivity index (χ2v) is 6.44. The van der Waals surface area contributed by atoms with Gasteiger partial charge in [0.15, 0.2) is 0 Å². The van der Waals surface area contributed by atoms with Crippen LogP contribution in [-0.4, -0.2) is 23.7 Å². The molecule has 20 heavy (non-hydrogen) atoms. The van der Waals surface area contributed by atoms with Crippen molar-refractivity contribution in [2.24, 2.45) is 11.8 Å². The molecule has 1 aromatic carbocycles. The third-order valence-corrected chi connectivity index (χ3v) is 4.80. The minimum absolute atomic E-state index is 0.0759. The first kappa shape index (κ1) is 13.9. The van der Waals surface area contributed by atoms with Crippen LogP contribution in [-0.2, 0) is 4.79 Å².